The van der Waals surface area contributed by atoms with E-state index in [1.807, 2.05) is 27.7 Å². The van der Waals surface area contributed by atoms with Crippen LogP contribution in [0, 0.1) is 38.9 Å². The SMILES string of the molecule is COC(=O)[C@@]12CC[C@@]3(C)[C@H]4C=CC(=O)OC[C@]4([C@H](C)O)[C@@H](OC(C)=O)[C@@H](O)[C@@H]3[C@@]1(C)CC[C@@]1(C)CC=C(C)C[C@]12O. The van der Waals surface area contributed by atoms with Crippen molar-refractivity contribution in [1.29, 1.82) is 0 Å². The van der Waals surface area contributed by atoms with Gasteiger partial charge in [-0.25, -0.2) is 4.79 Å². The van der Waals surface area contributed by atoms with Crippen LogP contribution in [0.1, 0.15) is 80.1 Å². The number of esters is 3. The number of carbonyl (C=O) groups is 3. The zero-order valence-corrected chi connectivity index (χ0v) is 25.4. The van der Waals surface area contributed by atoms with E-state index in [1.165, 1.54) is 20.1 Å². The highest BCUT2D eigenvalue weighted by Gasteiger charge is 2.82. The standard InChI is InChI=1S/C32H46O9/c1-18-10-11-27(4)12-14-29(6)24-23(36)25(41-20(3)34)30(19(2)33)17-40-22(35)9-8-21(30)28(24,5)13-15-31(29,26(37)39-7)32(27,38)16-18/h8-10,19,21,23-25,33,36,38H,11-17H2,1-7H3/t19-,21+,23-,24-,25-,27+,28-,29+,30+,31-,32-/m0/s1. The molecule has 0 saturated heterocycles. The minimum absolute atomic E-state index is 0.247. The number of carbonyl (C=O) groups excluding carboxylic acids is 3. The van der Waals surface area contributed by atoms with Crippen molar-refractivity contribution in [2.75, 3.05) is 13.7 Å². The van der Waals surface area contributed by atoms with Crippen molar-refractivity contribution in [3.8, 4) is 0 Å². The number of aliphatic hydroxyl groups excluding tert-OH is 2. The molecular weight excluding hydrogens is 528 g/mol. The monoisotopic (exact) mass is 574 g/mol. The van der Waals surface area contributed by atoms with Crippen molar-refractivity contribution in [3.05, 3.63) is 23.8 Å². The van der Waals surface area contributed by atoms with E-state index >= 15 is 0 Å². The Kier molecular flexibility index (Phi) is 6.92. The molecule has 0 aromatic heterocycles. The van der Waals surface area contributed by atoms with Crippen LogP contribution in [0.4, 0.5) is 0 Å². The Morgan fingerprint density at radius 2 is 1.83 bits per heavy atom. The first-order valence-electron chi connectivity index (χ1n) is 14.9. The summed E-state index contributed by atoms with van der Waals surface area (Å²) in [6.07, 6.45) is 4.30. The number of rotatable bonds is 3. The average molecular weight is 575 g/mol. The van der Waals surface area contributed by atoms with Gasteiger partial charge in [0.25, 0.3) is 0 Å². The molecule has 0 spiro atoms. The molecule has 9 heteroatoms. The Morgan fingerprint density at radius 1 is 1.15 bits per heavy atom. The van der Waals surface area contributed by atoms with Gasteiger partial charge < -0.3 is 29.5 Å². The minimum Gasteiger partial charge on any atom is -0.468 e. The van der Waals surface area contributed by atoms with Crippen molar-refractivity contribution >= 4 is 17.9 Å². The van der Waals surface area contributed by atoms with Gasteiger partial charge in [0, 0.05) is 24.3 Å². The predicted molar refractivity (Wildman–Crippen MR) is 148 cm³/mol. The molecule has 41 heavy (non-hydrogen) atoms. The highest BCUT2D eigenvalue weighted by Crippen LogP contribution is 2.78. The van der Waals surface area contributed by atoms with Crippen LogP contribution in [-0.4, -0.2) is 70.9 Å². The minimum atomic E-state index is -1.45. The van der Waals surface area contributed by atoms with E-state index in [9.17, 15) is 29.7 Å². The van der Waals surface area contributed by atoms with E-state index < -0.39 is 80.7 Å². The van der Waals surface area contributed by atoms with Gasteiger partial charge in [0.15, 0.2) is 0 Å². The van der Waals surface area contributed by atoms with Crippen LogP contribution in [0.25, 0.3) is 0 Å². The molecule has 1 aliphatic heterocycles. The molecule has 0 bridgehead atoms. The second kappa shape index (κ2) is 9.38. The number of ether oxygens (including phenoxy) is 3. The Labute approximate surface area is 242 Å². The van der Waals surface area contributed by atoms with E-state index in [1.54, 1.807) is 13.0 Å². The lowest BCUT2D eigenvalue weighted by Crippen LogP contribution is -2.80. The maximum atomic E-state index is 14.2. The fourth-order valence-electron chi connectivity index (χ4n) is 10.8. The summed E-state index contributed by atoms with van der Waals surface area (Å²) in [4.78, 5) is 39.3. The number of hydrogen-bond donors (Lipinski definition) is 3. The van der Waals surface area contributed by atoms with E-state index in [-0.39, 0.29) is 6.61 Å². The molecule has 0 amide bonds. The molecule has 0 unspecified atom stereocenters. The number of aliphatic hydroxyl groups is 3. The van der Waals surface area contributed by atoms with Crippen LogP contribution < -0.4 is 0 Å². The van der Waals surface area contributed by atoms with Crippen molar-refractivity contribution < 1.29 is 43.9 Å². The molecule has 9 nitrogen and oxygen atoms in total. The van der Waals surface area contributed by atoms with Gasteiger partial charge in [0.2, 0.25) is 0 Å². The quantitative estimate of drug-likeness (QED) is 0.263. The van der Waals surface area contributed by atoms with Gasteiger partial charge in [0.05, 0.1) is 30.3 Å². The molecule has 0 aromatic carbocycles. The summed E-state index contributed by atoms with van der Waals surface area (Å²) in [5.41, 5.74) is -5.49. The van der Waals surface area contributed by atoms with Crippen molar-refractivity contribution in [2.24, 2.45) is 38.9 Å². The number of fused-ring (bicyclic) bond motifs is 7. The summed E-state index contributed by atoms with van der Waals surface area (Å²) >= 11 is 0. The van der Waals surface area contributed by atoms with Gasteiger partial charge in [-0.05, 0) is 69.1 Å². The third-order valence-electron chi connectivity index (χ3n) is 12.7. The summed E-state index contributed by atoms with van der Waals surface area (Å²) < 4.78 is 16.9. The largest absolute Gasteiger partial charge is 0.468 e. The van der Waals surface area contributed by atoms with Crippen LogP contribution >= 0.6 is 0 Å². The van der Waals surface area contributed by atoms with Crippen LogP contribution in [0.15, 0.2) is 23.8 Å². The number of cyclic esters (lactones) is 1. The van der Waals surface area contributed by atoms with Gasteiger partial charge in [-0.1, -0.05) is 38.5 Å². The Bertz CT molecular complexity index is 1210. The third-order valence-corrected chi connectivity index (χ3v) is 12.7. The smallest absolute Gasteiger partial charge is 0.330 e. The fraction of sp³-hybridized carbons (Fsp3) is 0.781. The predicted octanol–water partition coefficient (Wildman–Crippen LogP) is 3.24. The van der Waals surface area contributed by atoms with Crippen LogP contribution in [0.2, 0.25) is 0 Å². The van der Waals surface area contributed by atoms with E-state index in [2.05, 4.69) is 6.08 Å². The Balaban J connectivity index is 1.79. The summed E-state index contributed by atoms with van der Waals surface area (Å²) in [5.74, 6) is -2.93. The van der Waals surface area contributed by atoms with Crippen molar-refractivity contribution in [1.82, 2.24) is 0 Å². The number of allylic oxidation sites excluding steroid dienone is 2. The van der Waals surface area contributed by atoms with Crippen LogP contribution in [0.3, 0.4) is 0 Å². The van der Waals surface area contributed by atoms with E-state index in [0.29, 0.717) is 38.5 Å². The second-order valence-corrected chi connectivity index (χ2v) is 14.4. The molecule has 0 radical (unpaired) electrons. The van der Waals surface area contributed by atoms with Gasteiger partial charge in [-0.15, -0.1) is 0 Å². The lowest BCUT2D eigenvalue weighted by molar-refractivity contribution is -0.335. The van der Waals surface area contributed by atoms with Gasteiger partial charge in [-0.2, -0.15) is 0 Å². The zero-order valence-electron chi connectivity index (χ0n) is 25.4. The van der Waals surface area contributed by atoms with Crippen LogP contribution in [-0.2, 0) is 28.6 Å². The van der Waals surface area contributed by atoms with Crippen molar-refractivity contribution in [2.45, 2.75) is 104 Å². The molecule has 228 valence electrons. The van der Waals surface area contributed by atoms with E-state index in [4.69, 9.17) is 14.2 Å². The molecule has 11 atom stereocenters. The third kappa shape index (κ3) is 3.54. The summed E-state index contributed by atoms with van der Waals surface area (Å²) in [7, 11) is 1.35. The van der Waals surface area contributed by atoms with Crippen LogP contribution in [0.5, 0.6) is 0 Å². The molecule has 3 fully saturated rings. The van der Waals surface area contributed by atoms with Gasteiger partial charge >= 0.3 is 17.9 Å². The normalized spacial score (nSPS) is 49.5. The van der Waals surface area contributed by atoms with Crippen molar-refractivity contribution in [3.63, 3.8) is 0 Å². The zero-order chi connectivity index (χ0) is 30.4. The summed E-state index contributed by atoms with van der Waals surface area (Å²) in [5, 5.41) is 36.8. The lowest BCUT2D eigenvalue weighted by atomic mass is 9.29. The summed E-state index contributed by atoms with van der Waals surface area (Å²) in [6.45, 7) is 10.6. The number of methoxy groups -OCH3 is 1. The molecule has 3 saturated carbocycles. The number of hydrogen-bond acceptors (Lipinski definition) is 9. The topological polar surface area (TPSA) is 140 Å². The Morgan fingerprint density at radius 3 is 2.44 bits per heavy atom. The molecule has 3 N–H and O–H groups in total. The maximum Gasteiger partial charge on any atom is 0.330 e. The second-order valence-electron chi connectivity index (χ2n) is 14.4. The Hall–Kier alpha value is -2.23. The first-order valence-corrected chi connectivity index (χ1v) is 14.9. The fourth-order valence-corrected chi connectivity index (χ4v) is 10.8. The first kappa shape index (κ1) is 30.2. The van der Waals surface area contributed by atoms with Gasteiger partial charge in [0.1, 0.15) is 18.1 Å². The maximum absolute atomic E-state index is 14.2. The van der Waals surface area contributed by atoms with E-state index in [0.717, 1.165) is 5.57 Å². The molecule has 5 aliphatic rings. The average Bonchev–Trinajstić information content (AvgIpc) is 3.07. The molecule has 0 aromatic rings. The highest BCUT2D eigenvalue weighted by molar-refractivity contribution is 5.83. The van der Waals surface area contributed by atoms with Gasteiger partial charge in [-0.3, -0.25) is 9.59 Å². The molecule has 4 aliphatic carbocycles. The highest BCUT2D eigenvalue weighted by atomic mass is 16.6. The molecule has 1 heterocycles. The molecular formula is C32H46O9. The first-order chi connectivity index (χ1) is 19.0. The summed E-state index contributed by atoms with van der Waals surface area (Å²) in [6, 6.07) is 0. The molecule has 5 rings (SSSR count). The lowest BCUT2D eigenvalue weighted by Gasteiger charge is -2.75.